The minimum Gasteiger partial charge on any atom is -0.465 e. The molecule has 0 aliphatic rings. The number of Topliss-reactive ketones (excluding diaryl/α,β-unsaturated/α-hetero) is 1. The number of ether oxygens (including phenoxy) is 1. The van der Waals surface area contributed by atoms with E-state index in [2.05, 4.69) is 0 Å². The van der Waals surface area contributed by atoms with Crippen LogP contribution in [0.2, 0.25) is 0 Å². The Balaban J connectivity index is 2.70. The Morgan fingerprint density at radius 2 is 1.33 bits per heavy atom. The van der Waals surface area contributed by atoms with Gasteiger partial charge >= 0.3 is 18.3 Å². The van der Waals surface area contributed by atoms with Gasteiger partial charge in [0, 0.05) is 5.56 Å². The number of benzene rings is 2. The van der Waals surface area contributed by atoms with Gasteiger partial charge in [0.2, 0.25) is 0 Å². The molecule has 0 saturated carbocycles. The molecule has 9 heteroatoms. The number of hydrogen-bond acceptors (Lipinski definition) is 3. The quantitative estimate of drug-likeness (QED) is 0.247. The van der Waals surface area contributed by atoms with E-state index in [-0.39, 0.29) is 18.1 Å². The van der Waals surface area contributed by atoms with Gasteiger partial charge in [-0.05, 0) is 23.6 Å². The van der Waals surface area contributed by atoms with E-state index < -0.39 is 46.7 Å². The number of hydrogen-bond donors (Lipinski definition) is 0. The Bertz CT molecular complexity index is 869. The first-order valence-electron chi connectivity index (χ1n) is 8.87. The van der Waals surface area contributed by atoms with Gasteiger partial charge in [-0.2, -0.15) is 26.3 Å². The maximum Gasteiger partial charge on any atom is 0.417 e. The lowest BCUT2D eigenvalue weighted by Gasteiger charge is -2.22. The smallest absolute Gasteiger partial charge is 0.417 e. The van der Waals surface area contributed by atoms with E-state index in [9.17, 15) is 35.9 Å². The molecule has 0 aliphatic carbocycles. The highest BCUT2D eigenvalue weighted by Gasteiger charge is 2.45. The lowest BCUT2D eigenvalue weighted by Crippen LogP contribution is -2.29. The number of esters is 1. The zero-order valence-corrected chi connectivity index (χ0v) is 16.0. The minimum absolute atomic E-state index is 0.0682. The lowest BCUT2D eigenvalue weighted by molar-refractivity contribution is -0.147. The summed E-state index contributed by atoms with van der Waals surface area (Å²) in [6, 6.07) is 8.20. The van der Waals surface area contributed by atoms with Crippen molar-refractivity contribution in [3.05, 3.63) is 70.8 Å². The van der Waals surface area contributed by atoms with Crippen molar-refractivity contribution >= 4 is 11.8 Å². The molecule has 0 aliphatic heterocycles. The van der Waals surface area contributed by atoms with Gasteiger partial charge in [-0.1, -0.05) is 50.2 Å². The maximum absolute atomic E-state index is 13.5. The van der Waals surface area contributed by atoms with Crippen molar-refractivity contribution in [3.8, 4) is 0 Å². The molecular formula is C21H18F6O3. The molecule has 162 valence electrons. The predicted molar refractivity (Wildman–Crippen MR) is 95.8 cm³/mol. The van der Waals surface area contributed by atoms with Gasteiger partial charge in [0.25, 0.3) is 0 Å². The third-order valence-corrected chi connectivity index (χ3v) is 4.11. The van der Waals surface area contributed by atoms with Crippen LogP contribution in [0.1, 0.15) is 46.8 Å². The Kier molecular flexibility index (Phi) is 6.95. The first-order valence-corrected chi connectivity index (χ1v) is 8.87. The van der Waals surface area contributed by atoms with Crippen molar-refractivity contribution in [1.82, 2.24) is 0 Å². The Hall–Kier alpha value is -2.84. The van der Waals surface area contributed by atoms with Crippen LogP contribution >= 0.6 is 0 Å². The van der Waals surface area contributed by atoms with Crippen molar-refractivity contribution < 1.29 is 40.7 Å². The Labute approximate surface area is 168 Å². The van der Waals surface area contributed by atoms with E-state index in [1.54, 1.807) is 13.8 Å². The lowest BCUT2D eigenvalue weighted by atomic mass is 9.85. The summed E-state index contributed by atoms with van der Waals surface area (Å²) in [6.07, 6.45) is -10.5. The molecule has 0 N–H and O–H groups in total. The molecule has 1 unspecified atom stereocenters. The fourth-order valence-corrected chi connectivity index (χ4v) is 2.81. The summed E-state index contributed by atoms with van der Waals surface area (Å²) in [5.74, 6) is -4.98. The average Bonchev–Trinajstić information content (AvgIpc) is 2.65. The highest BCUT2D eigenvalue weighted by molar-refractivity contribution is 6.14. The van der Waals surface area contributed by atoms with Gasteiger partial charge in [0.05, 0.1) is 17.7 Å². The standard InChI is InChI=1S/C21H18F6O3/c1-12(2)11-30-19(29)16(13-7-4-3-5-8-13)18(28)17-14(20(22,23)24)9-6-10-15(17)21(25,26)27/h3-10,12,16H,11H2,1-2H3. The van der Waals surface area contributed by atoms with Crippen LogP contribution in [0.4, 0.5) is 26.3 Å². The van der Waals surface area contributed by atoms with E-state index in [1.165, 1.54) is 30.3 Å². The third kappa shape index (κ3) is 5.40. The highest BCUT2D eigenvalue weighted by Crippen LogP contribution is 2.41. The van der Waals surface area contributed by atoms with E-state index >= 15 is 0 Å². The SMILES string of the molecule is CC(C)COC(=O)C(C(=O)c1c(C(F)(F)F)cccc1C(F)(F)F)c1ccccc1. The van der Waals surface area contributed by atoms with Crippen molar-refractivity contribution in [2.75, 3.05) is 6.61 Å². The normalized spacial score (nSPS) is 13.2. The Morgan fingerprint density at radius 3 is 1.77 bits per heavy atom. The summed E-state index contributed by atoms with van der Waals surface area (Å²) in [4.78, 5) is 25.6. The molecule has 0 amide bonds. The molecule has 30 heavy (non-hydrogen) atoms. The molecule has 2 aromatic rings. The van der Waals surface area contributed by atoms with Crippen LogP contribution in [0.25, 0.3) is 0 Å². The fourth-order valence-electron chi connectivity index (χ4n) is 2.81. The molecule has 0 saturated heterocycles. The summed E-state index contributed by atoms with van der Waals surface area (Å²) in [5.41, 5.74) is -5.20. The van der Waals surface area contributed by atoms with Gasteiger partial charge < -0.3 is 4.74 Å². The van der Waals surface area contributed by atoms with E-state index in [0.29, 0.717) is 18.2 Å². The number of halogens is 6. The van der Waals surface area contributed by atoms with E-state index in [0.717, 1.165) is 0 Å². The first-order chi connectivity index (χ1) is 13.8. The van der Waals surface area contributed by atoms with Crippen LogP contribution in [0.5, 0.6) is 0 Å². The third-order valence-electron chi connectivity index (χ3n) is 4.11. The summed E-state index contributed by atoms with van der Waals surface area (Å²) in [7, 11) is 0. The predicted octanol–water partition coefficient (Wildman–Crippen LogP) is 5.89. The van der Waals surface area contributed by atoms with Gasteiger partial charge in [0.1, 0.15) is 5.92 Å². The Morgan fingerprint density at radius 1 is 0.833 bits per heavy atom. The van der Waals surface area contributed by atoms with Crippen LogP contribution in [-0.4, -0.2) is 18.4 Å². The molecule has 0 heterocycles. The maximum atomic E-state index is 13.5. The van der Waals surface area contributed by atoms with Crippen molar-refractivity contribution in [2.45, 2.75) is 32.1 Å². The number of carbonyl (C=O) groups excluding carboxylic acids is 2. The van der Waals surface area contributed by atoms with Crippen molar-refractivity contribution in [1.29, 1.82) is 0 Å². The second kappa shape index (κ2) is 8.89. The molecular weight excluding hydrogens is 414 g/mol. The summed E-state index contributed by atoms with van der Waals surface area (Å²) in [5, 5.41) is 0. The summed E-state index contributed by atoms with van der Waals surface area (Å²) < 4.78 is 85.8. The molecule has 0 aromatic heterocycles. The van der Waals surface area contributed by atoms with E-state index in [4.69, 9.17) is 4.74 Å². The monoisotopic (exact) mass is 432 g/mol. The van der Waals surface area contributed by atoms with Crippen LogP contribution in [0.3, 0.4) is 0 Å². The zero-order chi connectivity index (χ0) is 22.7. The van der Waals surface area contributed by atoms with Crippen LogP contribution < -0.4 is 0 Å². The molecule has 0 fully saturated rings. The highest BCUT2D eigenvalue weighted by atomic mass is 19.4. The van der Waals surface area contributed by atoms with Crippen molar-refractivity contribution in [3.63, 3.8) is 0 Å². The van der Waals surface area contributed by atoms with Gasteiger partial charge in [-0.15, -0.1) is 0 Å². The first kappa shape index (κ1) is 23.4. The minimum atomic E-state index is -5.24. The largest absolute Gasteiger partial charge is 0.465 e. The molecule has 3 nitrogen and oxygen atoms in total. The van der Waals surface area contributed by atoms with Crippen LogP contribution in [0.15, 0.2) is 48.5 Å². The number of alkyl halides is 6. The van der Waals surface area contributed by atoms with Gasteiger partial charge in [-0.3, -0.25) is 9.59 Å². The molecule has 0 bridgehead atoms. The molecule has 2 aromatic carbocycles. The number of carbonyl (C=O) groups is 2. The molecule has 0 radical (unpaired) electrons. The van der Waals surface area contributed by atoms with Crippen molar-refractivity contribution in [2.24, 2.45) is 5.92 Å². The molecule has 0 spiro atoms. The fraction of sp³-hybridized carbons (Fsp3) is 0.333. The zero-order valence-electron chi connectivity index (χ0n) is 16.0. The van der Waals surface area contributed by atoms with Gasteiger partial charge in [-0.25, -0.2) is 0 Å². The molecule has 1 atom stereocenters. The topological polar surface area (TPSA) is 43.4 Å². The average molecular weight is 432 g/mol. The second-order valence-electron chi connectivity index (χ2n) is 6.96. The van der Waals surface area contributed by atoms with Crippen LogP contribution in [-0.2, 0) is 21.9 Å². The van der Waals surface area contributed by atoms with E-state index in [1.807, 2.05) is 0 Å². The second-order valence-corrected chi connectivity index (χ2v) is 6.96. The van der Waals surface area contributed by atoms with Gasteiger partial charge in [0.15, 0.2) is 5.78 Å². The van der Waals surface area contributed by atoms with Crippen LogP contribution in [0, 0.1) is 5.92 Å². The molecule has 2 rings (SSSR count). The summed E-state index contributed by atoms with van der Waals surface area (Å²) >= 11 is 0. The number of ketones is 1. The number of rotatable bonds is 6. The summed E-state index contributed by atoms with van der Waals surface area (Å²) in [6.45, 7) is 3.23.